The van der Waals surface area contributed by atoms with E-state index in [-0.39, 0.29) is 6.10 Å². The molecule has 2 heterocycles. The predicted octanol–water partition coefficient (Wildman–Crippen LogP) is 4.32. The van der Waals surface area contributed by atoms with Crippen LogP contribution < -0.4 is 9.47 Å². The molecule has 1 aromatic carbocycles. The third-order valence-corrected chi connectivity index (χ3v) is 4.37. The summed E-state index contributed by atoms with van der Waals surface area (Å²) in [6.07, 6.45) is 1.71. The fourth-order valence-corrected chi connectivity index (χ4v) is 3.21. The highest BCUT2D eigenvalue weighted by Gasteiger charge is 2.17. The maximum absolute atomic E-state index is 9.52. The molecule has 0 aliphatic carbocycles. The first-order chi connectivity index (χ1) is 11.6. The summed E-state index contributed by atoms with van der Waals surface area (Å²) in [5.74, 6) is 1.30. The van der Waals surface area contributed by atoms with E-state index in [1.54, 1.807) is 13.3 Å². The van der Waals surface area contributed by atoms with Crippen LogP contribution in [0.15, 0.2) is 47.1 Å². The topological polar surface area (TPSA) is 63.9 Å². The second-order valence-electron chi connectivity index (χ2n) is 5.48. The number of fused-ring (bicyclic) bond motifs is 1. The molecule has 0 saturated heterocycles. The molecule has 0 aliphatic rings. The zero-order chi connectivity index (χ0) is 17.1. The van der Waals surface area contributed by atoms with E-state index in [1.807, 2.05) is 49.6 Å². The van der Waals surface area contributed by atoms with Gasteiger partial charge in [0.05, 0.1) is 18.1 Å². The fourth-order valence-electron chi connectivity index (χ4n) is 2.50. The van der Waals surface area contributed by atoms with E-state index < -0.39 is 0 Å². The average molecular weight is 342 g/mol. The average Bonchev–Trinajstić information content (AvgIpc) is 3.09. The van der Waals surface area contributed by atoms with E-state index in [0.717, 1.165) is 15.6 Å². The lowest BCUT2D eigenvalue weighted by atomic mass is 10.0. The first kappa shape index (κ1) is 16.3. The van der Waals surface area contributed by atoms with Crippen LogP contribution in [0, 0.1) is 0 Å². The first-order valence-electron chi connectivity index (χ1n) is 7.53. The Balaban J connectivity index is 2.22. The third kappa shape index (κ3) is 3.05. The number of nitrogens with zero attached hydrogens (tertiary/aromatic N) is 2. The number of oxime groups is 1. The molecule has 5 nitrogen and oxygen atoms in total. The SMILES string of the molecule is COc1cc2ccnc(/C(=N/O)c3cccs3)c2cc1OC(C)C. The molecule has 6 heteroatoms. The van der Waals surface area contributed by atoms with Crippen LogP contribution in [0.25, 0.3) is 10.8 Å². The summed E-state index contributed by atoms with van der Waals surface area (Å²) in [7, 11) is 1.61. The fraction of sp³-hybridized carbons (Fsp3) is 0.222. The van der Waals surface area contributed by atoms with Crippen LogP contribution in [-0.2, 0) is 0 Å². The van der Waals surface area contributed by atoms with Gasteiger partial charge in [0.25, 0.3) is 0 Å². The lowest BCUT2D eigenvalue weighted by Gasteiger charge is -2.15. The number of aromatic nitrogens is 1. The highest BCUT2D eigenvalue weighted by Crippen LogP contribution is 2.34. The van der Waals surface area contributed by atoms with E-state index in [9.17, 15) is 5.21 Å². The summed E-state index contributed by atoms with van der Waals surface area (Å²) < 4.78 is 11.3. The standard InChI is InChI=1S/C18H18N2O3S/c1-11(2)23-15-10-13-12(9-14(15)22-3)6-7-19-17(13)18(20-21)16-5-4-8-24-16/h4-11,21H,1-3H3/b20-18+. The molecule has 0 spiro atoms. The zero-order valence-corrected chi connectivity index (χ0v) is 14.5. The van der Waals surface area contributed by atoms with Crippen LogP contribution in [0.2, 0.25) is 0 Å². The monoisotopic (exact) mass is 342 g/mol. The van der Waals surface area contributed by atoms with Crippen LogP contribution in [0.1, 0.15) is 24.4 Å². The van der Waals surface area contributed by atoms with Gasteiger partial charge in [0.15, 0.2) is 11.5 Å². The number of ether oxygens (including phenoxy) is 2. The van der Waals surface area contributed by atoms with Crippen LogP contribution in [0.5, 0.6) is 11.5 Å². The van der Waals surface area contributed by atoms with E-state index in [1.165, 1.54) is 11.3 Å². The molecule has 1 N–H and O–H groups in total. The Labute approximate surface area is 144 Å². The summed E-state index contributed by atoms with van der Waals surface area (Å²) >= 11 is 1.49. The lowest BCUT2D eigenvalue weighted by Crippen LogP contribution is -2.08. The number of pyridine rings is 1. The number of methoxy groups -OCH3 is 1. The highest BCUT2D eigenvalue weighted by atomic mass is 32.1. The number of benzene rings is 1. The van der Waals surface area contributed by atoms with Gasteiger partial charge in [-0.2, -0.15) is 0 Å². The Hall–Kier alpha value is -2.60. The molecule has 0 unspecified atom stereocenters. The van der Waals surface area contributed by atoms with Gasteiger partial charge in [0.1, 0.15) is 11.4 Å². The summed E-state index contributed by atoms with van der Waals surface area (Å²) in [5, 5.41) is 16.7. The van der Waals surface area contributed by atoms with Gasteiger partial charge in [-0.15, -0.1) is 11.3 Å². The second-order valence-corrected chi connectivity index (χ2v) is 6.42. The van der Waals surface area contributed by atoms with E-state index in [2.05, 4.69) is 10.1 Å². The first-order valence-corrected chi connectivity index (χ1v) is 8.41. The van der Waals surface area contributed by atoms with Crippen molar-refractivity contribution in [2.24, 2.45) is 5.16 Å². The van der Waals surface area contributed by atoms with Crippen molar-refractivity contribution < 1.29 is 14.7 Å². The van der Waals surface area contributed by atoms with Gasteiger partial charge in [-0.1, -0.05) is 11.2 Å². The normalized spacial score (nSPS) is 11.9. The molecule has 0 fully saturated rings. The number of hydrogen-bond donors (Lipinski definition) is 1. The van der Waals surface area contributed by atoms with E-state index in [4.69, 9.17) is 9.47 Å². The minimum Gasteiger partial charge on any atom is -0.493 e. The molecule has 0 bridgehead atoms. The molecule has 0 atom stereocenters. The van der Waals surface area contributed by atoms with Crippen molar-refractivity contribution in [3.8, 4) is 11.5 Å². The molecular formula is C18H18N2O3S. The molecule has 124 valence electrons. The van der Waals surface area contributed by atoms with Gasteiger partial charge in [0.2, 0.25) is 0 Å². The summed E-state index contributed by atoms with van der Waals surface area (Å²) in [6, 6.07) is 9.49. The van der Waals surface area contributed by atoms with Gasteiger partial charge in [0, 0.05) is 11.6 Å². The molecule has 0 radical (unpaired) electrons. The Morgan fingerprint density at radius 3 is 2.71 bits per heavy atom. The number of rotatable bonds is 5. The van der Waals surface area contributed by atoms with Gasteiger partial charge in [-0.05, 0) is 48.9 Å². The molecule has 2 aromatic heterocycles. The number of hydrogen-bond acceptors (Lipinski definition) is 6. The molecule has 0 amide bonds. The van der Waals surface area contributed by atoms with Crippen LogP contribution in [0.4, 0.5) is 0 Å². The third-order valence-electron chi connectivity index (χ3n) is 3.49. The smallest absolute Gasteiger partial charge is 0.162 e. The van der Waals surface area contributed by atoms with Crippen molar-refractivity contribution in [1.29, 1.82) is 0 Å². The van der Waals surface area contributed by atoms with Gasteiger partial charge in [-0.3, -0.25) is 4.98 Å². The Morgan fingerprint density at radius 1 is 1.25 bits per heavy atom. The van der Waals surface area contributed by atoms with Crippen molar-refractivity contribution in [3.63, 3.8) is 0 Å². The van der Waals surface area contributed by atoms with Crippen LogP contribution in [0.3, 0.4) is 0 Å². The van der Waals surface area contributed by atoms with Crippen LogP contribution in [-0.4, -0.2) is 29.1 Å². The Kier molecular flexibility index (Phi) is 4.66. The number of thiophene rings is 1. The Bertz CT molecular complexity index is 873. The molecule has 3 rings (SSSR count). The van der Waals surface area contributed by atoms with Crippen molar-refractivity contribution in [1.82, 2.24) is 4.98 Å². The molecule has 0 aliphatic heterocycles. The second kappa shape index (κ2) is 6.88. The molecule has 3 aromatic rings. The van der Waals surface area contributed by atoms with Gasteiger partial charge >= 0.3 is 0 Å². The quantitative estimate of drug-likeness (QED) is 0.426. The van der Waals surface area contributed by atoms with Crippen molar-refractivity contribution in [2.75, 3.05) is 7.11 Å². The summed E-state index contributed by atoms with van der Waals surface area (Å²) in [5.41, 5.74) is 1.05. The maximum Gasteiger partial charge on any atom is 0.162 e. The van der Waals surface area contributed by atoms with Crippen LogP contribution >= 0.6 is 11.3 Å². The highest BCUT2D eigenvalue weighted by molar-refractivity contribution is 7.12. The predicted molar refractivity (Wildman–Crippen MR) is 95.8 cm³/mol. The maximum atomic E-state index is 9.52. The summed E-state index contributed by atoms with van der Waals surface area (Å²) in [6.45, 7) is 3.92. The Morgan fingerprint density at radius 2 is 2.08 bits per heavy atom. The van der Waals surface area contributed by atoms with Crippen molar-refractivity contribution >= 4 is 27.8 Å². The molecule has 0 saturated carbocycles. The minimum absolute atomic E-state index is 0.0137. The van der Waals surface area contributed by atoms with Crippen molar-refractivity contribution in [3.05, 3.63) is 52.5 Å². The molecular weight excluding hydrogens is 324 g/mol. The van der Waals surface area contributed by atoms with E-state index >= 15 is 0 Å². The van der Waals surface area contributed by atoms with Gasteiger partial charge in [-0.25, -0.2) is 0 Å². The molecule has 24 heavy (non-hydrogen) atoms. The van der Waals surface area contributed by atoms with Crippen molar-refractivity contribution in [2.45, 2.75) is 20.0 Å². The lowest BCUT2D eigenvalue weighted by molar-refractivity contribution is 0.230. The minimum atomic E-state index is 0.0137. The van der Waals surface area contributed by atoms with E-state index in [0.29, 0.717) is 22.9 Å². The van der Waals surface area contributed by atoms with Gasteiger partial charge < -0.3 is 14.7 Å². The largest absolute Gasteiger partial charge is 0.493 e. The summed E-state index contributed by atoms with van der Waals surface area (Å²) in [4.78, 5) is 5.28. The zero-order valence-electron chi connectivity index (χ0n) is 13.7.